The molecule has 1 fully saturated rings. The van der Waals surface area contributed by atoms with Crippen LogP contribution < -0.4 is 0 Å². The molecular weight excluding hydrogens is 166 g/mol. The highest BCUT2D eigenvalue weighted by molar-refractivity contribution is 6.76. The molecule has 0 amide bonds. The van der Waals surface area contributed by atoms with E-state index in [0.29, 0.717) is 12.6 Å². The fraction of sp³-hybridized carbons (Fsp3) is 1.00. The van der Waals surface area contributed by atoms with Crippen molar-refractivity contribution in [3.05, 3.63) is 0 Å². The molecule has 0 aromatic rings. The summed E-state index contributed by atoms with van der Waals surface area (Å²) in [5, 5.41) is 9.11. The first-order valence-electron chi connectivity index (χ1n) is 4.88. The number of hydrogen-bond acceptors (Lipinski definition) is 2. The Morgan fingerprint density at radius 1 is 1.42 bits per heavy atom. The lowest BCUT2D eigenvalue weighted by Crippen LogP contribution is -2.43. The summed E-state index contributed by atoms with van der Waals surface area (Å²) in [4.78, 5) is 2.48. The van der Waals surface area contributed by atoms with Gasteiger partial charge in [-0.25, -0.2) is 0 Å². The molecule has 1 saturated heterocycles. The largest absolute Gasteiger partial charge is 0.395 e. The molecule has 0 aromatic carbocycles. The fourth-order valence-corrected chi connectivity index (χ4v) is 3.55. The molecule has 12 heavy (non-hydrogen) atoms. The lowest BCUT2D eigenvalue weighted by Gasteiger charge is -2.29. The Bertz CT molecular complexity index is 144. The van der Waals surface area contributed by atoms with Crippen LogP contribution in [0.25, 0.3) is 0 Å². The first-order chi connectivity index (χ1) is 5.53. The predicted molar refractivity (Wildman–Crippen MR) is 55.0 cm³/mol. The highest BCUT2D eigenvalue weighted by Crippen LogP contribution is 2.18. The van der Waals surface area contributed by atoms with Crippen LogP contribution in [0.3, 0.4) is 0 Å². The molecule has 1 aliphatic rings. The van der Waals surface area contributed by atoms with Crippen LogP contribution in [-0.2, 0) is 0 Å². The summed E-state index contributed by atoms with van der Waals surface area (Å²) in [6, 6.07) is 0.469. The van der Waals surface area contributed by atoms with Crippen molar-refractivity contribution in [1.29, 1.82) is 0 Å². The average molecular weight is 187 g/mol. The van der Waals surface area contributed by atoms with Gasteiger partial charge in [0.05, 0.1) is 14.7 Å². The normalized spacial score (nSPS) is 26.5. The molecular formula is C9H21NOSi. The number of aliphatic hydroxyl groups is 1. The summed E-state index contributed by atoms with van der Waals surface area (Å²) in [7, 11) is -0.965. The van der Waals surface area contributed by atoms with E-state index < -0.39 is 8.07 Å². The molecule has 1 aliphatic heterocycles. The van der Waals surface area contributed by atoms with E-state index in [1.807, 2.05) is 0 Å². The molecule has 1 atom stereocenters. The Labute approximate surface area is 76.6 Å². The quantitative estimate of drug-likeness (QED) is 0.674. The lowest BCUT2D eigenvalue weighted by molar-refractivity contribution is 0.173. The predicted octanol–water partition coefficient (Wildman–Crippen LogP) is 1.32. The average Bonchev–Trinajstić information content (AvgIpc) is 2.31. The molecule has 0 aromatic heterocycles. The minimum absolute atomic E-state index is 0.352. The third-order valence-electron chi connectivity index (χ3n) is 2.39. The molecule has 3 heteroatoms. The van der Waals surface area contributed by atoms with Gasteiger partial charge in [-0.1, -0.05) is 19.6 Å². The van der Waals surface area contributed by atoms with E-state index in [4.69, 9.17) is 5.11 Å². The zero-order valence-corrected chi connectivity index (χ0v) is 9.51. The first kappa shape index (κ1) is 10.2. The number of aliphatic hydroxyl groups excluding tert-OH is 1. The van der Waals surface area contributed by atoms with Gasteiger partial charge in [-0.3, -0.25) is 0 Å². The Kier molecular flexibility index (Phi) is 3.32. The number of nitrogens with zero attached hydrogens (tertiary/aromatic N) is 1. The second-order valence-electron chi connectivity index (χ2n) is 5.01. The standard InChI is InChI=1S/C9H21NOSi/c1-12(2,3)8-10-6-4-5-9(10)7-11/h9,11H,4-8H2,1-3H3/t9-/m1/s1. The molecule has 0 aliphatic carbocycles. The molecule has 2 nitrogen and oxygen atoms in total. The third kappa shape index (κ3) is 2.88. The van der Waals surface area contributed by atoms with Gasteiger partial charge in [0.2, 0.25) is 0 Å². The zero-order chi connectivity index (χ0) is 9.19. The van der Waals surface area contributed by atoms with Crippen molar-refractivity contribution < 1.29 is 5.11 Å². The van der Waals surface area contributed by atoms with Gasteiger partial charge in [0, 0.05) is 6.04 Å². The minimum Gasteiger partial charge on any atom is -0.395 e. The van der Waals surface area contributed by atoms with Gasteiger partial charge in [0.15, 0.2) is 0 Å². The van der Waals surface area contributed by atoms with Gasteiger partial charge in [-0.15, -0.1) is 0 Å². The van der Waals surface area contributed by atoms with Crippen LogP contribution in [0.4, 0.5) is 0 Å². The Balaban J connectivity index is 2.41. The maximum Gasteiger partial charge on any atom is 0.0599 e. The Morgan fingerprint density at radius 3 is 2.58 bits per heavy atom. The highest BCUT2D eigenvalue weighted by Gasteiger charge is 2.27. The van der Waals surface area contributed by atoms with Gasteiger partial charge in [-0.2, -0.15) is 0 Å². The minimum atomic E-state index is -0.965. The van der Waals surface area contributed by atoms with Crippen LogP contribution in [-0.4, -0.2) is 43.4 Å². The topological polar surface area (TPSA) is 23.5 Å². The Hall–Kier alpha value is 0.137. The van der Waals surface area contributed by atoms with E-state index >= 15 is 0 Å². The molecule has 0 bridgehead atoms. The third-order valence-corrected chi connectivity index (χ3v) is 3.74. The number of hydrogen-bond donors (Lipinski definition) is 1. The molecule has 0 unspecified atom stereocenters. The summed E-state index contributed by atoms with van der Waals surface area (Å²) < 4.78 is 0. The smallest absolute Gasteiger partial charge is 0.0599 e. The van der Waals surface area contributed by atoms with Crippen molar-refractivity contribution in [1.82, 2.24) is 4.90 Å². The van der Waals surface area contributed by atoms with Crippen LogP contribution in [0.2, 0.25) is 19.6 Å². The number of likely N-dealkylation sites (tertiary alicyclic amines) is 1. The van der Waals surface area contributed by atoms with E-state index in [1.165, 1.54) is 25.6 Å². The molecule has 0 spiro atoms. The first-order valence-corrected chi connectivity index (χ1v) is 8.58. The molecule has 1 N–H and O–H groups in total. The van der Waals surface area contributed by atoms with Crippen molar-refractivity contribution >= 4 is 8.07 Å². The zero-order valence-electron chi connectivity index (χ0n) is 8.51. The van der Waals surface area contributed by atoms with Crippen molar-refractivity contribution in [3.63, 3.8) is 0 Å². The van der Waals surface area contributed by atoms with Crippen molar-refractivity contribution in [2.75, 3.05) is 19.3 Å². The van der Waals surface area contributed by atoms with Crippen LogP contribution in [0.5, 0.6) is 0 Å². The highest BCUT2D eigenvalue weighted by atomic mass is 28.3. The summed E-state index contributed by atoms with van der Waals surface area (Å²) >= 11 is 0. The molecule has 1 heterocycles. The van der Waals surface area contributed by atoms with E-state index in [1.54, 1.807) is 0 Å². The van der Waals surface area contributed by atoms with Crippen LogP contribution in [0.1, 0.15) is 12.8 Å². The summed E-state index contributed by atoms with van der Waals surface area (Å²) in [5.41, 5.74) is 0. The van der Waals surface area contributed by atoms with Gasteiger partial charge in [0.25, 0.3) is 0 Å². The van der Waals surface area contributed by atoms with Crippen molar-refractivity contribution in [3.8, 4) is 0 Å². The summed E-state index contributed by atoms with van der Waals surface area (Å²) in [6.07, 6.45) is 3.72. The van der Waals surface area contributed by atoms with E-state index in [0.717, 1.165) is 0 Å². The molecule has 0 saturated carbocycles. The van der Waals surface area contributed by atoms with Crippen LogP contribution in [0, 0.1) is 0 Å². The maximum atomic E-state index is 9.11. The molecule has 72 valence electrons. The van der Waals surface area contributed by atoms with Gasteiger partial charge in [-0.05, 0) is 25.6 Å². The molecule has 0 radical (unpaired) electrons. The maximum absolute atomic E-state index is 9.11. The van der Waals surface area contributed by atoms with Crippen LogP contribution >= 0.6 is 0 Å². The van der Waals surface area contributed by atoms with Crippen molar-refractivity contribution in [2.45, 2.75) is 38.5 Å². The van der Waals surface area contributed by atoms with Crippen LogP contribution in [0.15, 0.2) is 0 Å². The SMILES string of the molecule is C[Si](C)(C)CN1CCC[C@@H]1CO. The van der Waals surface area contributed by atoms with Gasteiger partial charge < -0.3 is 10.0 Å². The molecule has 1 rings (SSSR count). The van der Waals surface area contributed by atoms with E-state index in [2.05, 4.69) is 24.5 Å². The Morgan fingerprint density at radius 2 is 2.08 bits per heavy atom. The summed E-state index contributed by atoms with van der Waals surface area (Å²) in [6.45, 7) is 8.72. The van der Waals surface area contributed by atoms with Gasteiger partial charge >= 0.3 is 0 Å². The van der Waals surface area contributed by atoms with Crippen molar-refractivity contribution in [2.24, 2.45) is 0 Å². The number of rotatable bonds is 3. The summed E-state index contributed by atoms with van der Waals surface area (Å²) in [5.74, 6) is 0. The second kappa shape index (κ2) is 3.90. The fourth-order valence-electron chi connectivity index (χ4n) is 1.92. The van der Waals surface area contributed by atoms with Gasteiger partial charge in [0.1, 0.15) is 0 Å². The lowest BCUT2D eigenvalue weighted by atomic mass is 10.2. The second-order valence-corrected chi connectivity index (χ2v) is 10.4. The van der Waals surface area contributed by atoms with E-state index in [9.17, 15) is 0 Å². The van der Waals surface area contributed by atoms with E-state index in [-0.39, 0.29) is 0 Å². The monoisotopic (exact) mass is 187 g/mol.